The summed E-state index contributed by atoms with van der Waals surface area (Å²) < 4.78 is 3.22. The Morgan fingerprint density at radius 2 is 1.94 bits per heavy atom. The first-order valence-electron chi connectivity index (χ1n) is 5.86. The molecule has 3 heteroatoms. The summed E-state index contributed by atoms with van der Waals surface area (Å²) in [7, 11) is 0. The Labute approximate surface area is 114 Å². The molecule has 0 spiro atoms. The van der Waals surface area contributed by atoms with Crippen molar-refractivity contribution in [3.63, 3.8) is 0 Å². The molecule has 2 nitrogen and oxygen atoms in total. The summed E-state index contributed by atoms with van der Waals surface area (Å²) in [6.45, 7) is 4.20. The summed E-state index contributed by atoms with van der Waals surface area (Å²) >= 11 is 3.50. The van der Waals surface area contributed by atoms with Crippen molar-refractivity contribution in [2.75, 3.05) is 0 Å². The third kappa shape index (κ3) is 1.85. The lowest BCUT2D eigenvalue weighted by Crippen LogP contribution is -1.88. The van der Waals surface area contributed by atoms with Crippen LogP contribution in [0.3, 0.4) is 0 Å². The lowest BCUT2D eigenvalue weighted by atomic mass is 10.1. The highest BCUT2D eigenvalue weighted by Gasteiger charge is 2.10. The van der Waals surface area contributed by atoms with Gasteiger partial charge in [0.1, 0.15) is 5.65 Å². The van der Waals surface area contributed by atoms with Crippen molar-refractivity contribution in [2.24, 2.45) is 0 Å². The van der Waals surface area contributed by atoms with Gasteiger partial charge in [-0.3, -0.25) is 0 Å². The summed E-state index contributed by atoms with van der Waals surface area (Å²) in [5.74, 6) is 0. The van der Waals surface area contributed by atoms with Crippen molar-refractivity contribution >= 4 is 21.6 Å². The molecule has 3 aromatic rings. The zero-order valence-corrected chi connectivity index (χ0v) is 11.9. The van der Waals surface area contributed by atoms with Gasteiger partial charge >= 0.3 is 0 Å². The van der Waals surface area contributed by atoms with Gasteiger partial charge in [0.15, 0.2) is 0 Å². The van der Waals surface area contributed by atoms with Gasteiger partial charge in [0.25, 0.3) is 0 Å². The van der Waals surface area contributed by atoms with Crippen LogP contribution in [0.4, 0.5) is 0 Å². The number of benzene rings is 1. The molecule has 0 radical (unpaired) electrons. The van der Waals surface area contributed by atoms with Gasteiger partial charge in [0.2, 0.25) is 0 Å². The van der Waals surface area contributed by atoms with E-state index in [1.165, 1.54) is 11.3 Å². The van der Waals surface area contributed by atoms with Crippen molar-refractivity contribution in [1.29, 1.82) is 0 Å². The van der Waals surface area contributed by atoms with Crippen LogP contribution in [-0.2, 0) is 0 Å². The Morgan fingerprint density at radius 3 is 2.72 bits per heavy atom. The Kier molecular flexibility index (Phi) is 2.71. The Bertz CT molecular complexity index is 728. The summed E-state index contributed by atoms with van der Waals surface area (Å²) in [5.41, 5.74) is 5.59. The van der Waals surface area contributed by atoms with Gasteiger partial charge < -0.3 is 4.40 Å². The molecule has 0 saturated heterocycles. The molecule has 0 fully saturated rings. The van der Waals surface area contributed by atoms with E-state index in [4.69, 9.17) is 4.98 Å². The maximum absolute atomic E-state index is 4.71. The number of imidazole rings is 1. The maximum atomic E-state index is 4.71. The first-order valence-corrected chi connectivity index (χ1v) is 6.66. The monoisotopic (exact) mass is 300 g/mol. The second-order valence-electron chi connectivity index (χ2n) is 4.49. The number of pyridine rings is 1. The van der Waals surface area contributed by atoms with E-state index in [2.05, 4.69) is 64.6 Å². The lowest BCUT2D eigenvalue weighted by molar-refractivity contribution is 1.09. The van der Waals surface area contributed by atoms with Gasteiger partial charge in [-0.1, -0.05) is 34.1 Å². The third-order valence-corrected chi connectivity index (χ3v) is 3.60. The lowest BCUT2D eigenvalue weighted by Gasteiger charge is -2.00. The maximum Gasteiger partial charge on any atom is 0.137 e. The van der Waals surface area contributed by atoms with Gasteiger partial charge in [-0.2, -0.15) is 0 Å². The first-order chi connectivity index (χ1) is 8.65. The number of halogens is 1. The van der Waals surface area contributed by atoms with Gasteiger partial charge in [0.05, 0.1) is 5.69 Å². The highest BCUT2D eigenvalue weighted by molar-refractivity contribution is 9.10. The van der Waals surface area contributed by atoms with E-state index in [1.807, 2.05) is 12.1 Å². The average molecular weight is 301 g/mol. The molecule has 0 aliphatic heterocycles. The second kappa shape index (κ2) is 4.25. The number of hydrogen-bond acceptors (Lipinski definition) is 1. The van der Waals surface area contributed by atoms with Crippen LogP contribution in [0, 0.1) is 13.8 Å². The van der Waals surface area contributed by atoms with Crippen molar-refractivity contribution < 1.29 is 0 Å². The zero-order chi connectivity index (χ0) is 12.7. The third-order valence-electron chi connectivity index (χ3n) is 3.10. The van der Waals surface area contributed by atoms with E-state index >= 15 is 0 Å². The van der Waals surface area contributed by atoms with Gasteiger partial charge in [-0.25, -0.2) is 4.98 Å². The quantitative estimate of drug-likeness (QED) is 0.652. The molecule has 0 aliphatic rings. The number of aryl methyl sites for hydroxylation is 2. The standard InChI is InChI=1S/C15H13BrN2/c1-10-6-7-14-17-15(11(2)18(14)9-10)12-4-3-5-13(16)8-12/h3-9H,1-2H3. The molecule has 0 aliphatic carbocycles. The fourth-order valence-corrected chi connectivity index (χ4v) is 2.58. The molecule has 90 valence electrons. The van der Waals surface area contributed by atoms with Crippen LogP contribution in [0.5, 0.6) is 0 Å². The van der Waals surface area contributed by atoms with Crippen LogP contribution in [-0.4, -0.2) is 9.38 Å². The van der Waals surface area contributed by atoms with Crippen LogP contribution in [0.25, 0.3) is 16.9 Å². The van der Waals surface area contributed by atoms with Crippen LogP contribution in [0.15, 0.2) is 47.1 Å². The number of nitrogens with zero attached hydrogens (tertiary/aromatic N) is 2. The van der Waals surface area contributed by atoms with Crippen molar-refractivity contribution in [1.82, 2.24) is 9.38 Å². The zero-order valence-electron chi connectivity index (χ0n) is 10.3. The minimum Gasteiger partial charge on any atom is -0.303 e. The van der Waals surface area contributed by atoms with Gasteiger partial charge in [0, 0.05) is 21.9 Å². The molecule has 2 heterocycles. The molecule has 0 bridgehead atoms. The summed E-state index contributed by atoms with van der Waals surface area (Å²) in [6, 6.07) is 12.4. The summed E-state index contributed by atoms with van der Waals surface area (Å²) in [4.78, 5) is 4.71. The topological polar surface area (TPSA) is 17.3 Å². The first kappa shape index (κ1) is 11.5. The minimum atomic E-state index is 0.994. The second-order valence-corrected chi connectivity index (χ2v) is 5.41. The number of rotatable bonds is 1. The average Bonchev–Trinajstić information content (AvgIpc) is 2.67. The van der Waals surface area contributed by atoms with Crippen LogP contribution in [0.1, 0.15) is 11.3 Å². The van der Waals surface area contributed by atoms with E-state index in [1.54, 1.807) is 0 Å². The highest BCUT2D eigenvalue weighted by Crippen LogP contribution is 2.26. The number of aromatic nitrogens is 2. The van der Waals surface area contributed by atoms with E-state index in [0.717, 1.165) is 21.4 Å². The fourth-order valence-electron chi connectivity index (χ4n) is 2.18. The molecule has 0 saturated carbocycles. The van der Waals surface area contributed by atoms with E-state index < -0.39 is 0 Å². The number of fused-ring (bicyclic) bond motifs is 1. The molecule has 1 aromatic carbocycles. The molecule has 0 atom stereocenters. The Balaban J connectivity index is 2.27. The Morgan fingerprint density at radius 1 is 1.11 bits per heavy atom. The van der Waals surface area contributed by atoms with Crippen molar-refractivity contribution in [2.45, 2.75) is 13.8 Å². The molecular formula is C15H13BrN2. The van der Waals surface area contributed by atoms with E-state index in [0.29, 0.717) is 0 Å². The summed E-state index contributed by atoms with van der Waals surface area (Å²) in [6.07, 6.45) is 2.12. The molecule has 0 N–H and O–H groups in total. The van der Waals surface area contributed by atoms with Crippen molar-refractivity contribution in [3.05, 3.63) is 58.3 Å². The SMILES string of the molecule is Cc1ccc2nc(-c3cccc(Br)c3)c(C)n2c1. The predicted molar refractivity (Wildman–Crippen MR) is 77.8 cm³/mol. The normalized spacial score (nSPS) is 11.1. The van der Waals surface area contributed by atoms with Crippen molar-refractivity contribution in [3.8, 4) is 11.3 Å². The Hall–Kier alpha value is -1.61. The molecule has 3 rings (SSSR count). The van der Waals surface area contributed by atoms with E-state index in [9.17, 15) is 0 Å². The number of hydrogen-bond donors (Lipinski definition) is 0. The molecule has 0 unspecified atom stereocenters. The molecular weight excluding hydrogens is 288 g/mol. The van der Waals surface area contributed by atoms with E-state index in [-0.39, 0.29) is 0 Å². The van der Waals surface area contributed by atoms with Gasteiger partial charge in [-0.15, -0.1) is 0 Å². The van der Waals surface area contributed by atoms with Gasteiger partial charge in [-0.05, 0) is 37.6 Å². The minimum absolute atomic E-state index is 0.994. The molecule has 0 amide bonds. The van der Waals surface area contributed by atoms with Crippen LogP contribution >= 0.6 is 15.9 Å². The fraction of sp³-hybridized carbons (Fsp3) is 0.133. The van der Waals surface area contributed by atoms with Crippen LogP contribution < -0.4 is 0 Å². The molecule has 2 aromatic heterocycles. The van der Waals surface area contributed by atoms with Crippen LogP contribution in [0.2, 0.25) is 0 Å². The predicted octanol–water partition coefficient (Wildman–Crippen LogP) is 4.38. The molecule has 18 heavy (non-hydrogen) atoms. The smallest absolute Gasteiger partial charge is 0.137 e. The highest BCUT2D eigenvalue weighted by atomic mass is 79.9. The largest absolute Gasteiger partial charge is 0.303 e. The summed E-state index contributed by atoms with van der Waals surface area (Å²) in [5, 5.41) is 0.